The van der Waals surface area contributed by atoms with Crippen LogP contribution in [0.25, 0.3) is 0 Å². The summed E-state index contributed by atoms with van der Waals surface area (Å²) in [7, 11) is 1.68. The summed E-state index contributed by atoms with van der Waals surface area (Å²) in [6.45, 7) is 6.09. The van der Waals surface area contributed by atoms with Crippen molar-refractivity contribution in [1.29, 1.82) is 0 Å². The van der Waals surface area contributed by atoms with E-state index in [1.807, 2.05) is 35.2 Å². The second-order valence-electron chi connectivity index (χ2n) is 10.5. The Labute approximate surface area is 207 Å². The lowest BCUT2D eigenvalue weighted by atomic mass is 9.94. The smallest absolute Gasteiger partial charge is 0.407 e. The van der Waals surface area contributed by atoms with Crippen molar-refractivity contribution in [3.8, 4) is 0 Å². The largest absolute Gasteiger partial charge is 0.465 e. The topological polar surface area (TPSA) is 81.9 Å². The highest BCUT2D eigenvalue weighted by Crippen LogP contribution is 2.43. The minimum Gasteiger partial charge on any atom is -0.465 e. The summed E-state index contributed by atoms with van der Waals surface area (Å²) in [5.74, 6) is 1.21. The normalized spacial score (nSPS) is 24.8. The number of carboxylic acid groups (broad SMARTS) is 1. The van der Waals surface area contributed by atoms with Crippen molar-refractivity contribution >= 4 is 12.0 Å². The van der Waals surface area contributed by atoms with Crippen molar-refractivity contribution in [2.75, 3.05) is 20.1 Å². The highest BCUT2D eigenvalue weighted by Gasteiger charge is 2.42. The van der Waals surface area contributed by atoms with Crippen LogP contribution in [0.5, 0.6) is 0 Å². The van der Waals surface area contributed by atoms with E-state index >= 15 is 0 Å². The highest BCUT2D eigenvalue weighted by molar-refractivity contribution is 5.73. The molecule has 3 aliphatic heterocycles. The van der Waals surface area contributed by atoms with Crippen molar-refractivity contribution in [3.05, 3.63) is 53.1 Å². The van der Waals surface area contributed by atoms with Crippen molar-refractivity contribution < 1.29 is 14.7 Å². The van der Waals surface area contributed by atoms with Crippen LogP contribution in [0.4, 0.5) is 4.79 Å². The van der Waals surface area contributed by atoms with Gasteiger partial charge in [-0.1, -0.05) is 30.3 Å². The molecule has 2 aromatic rings. The predicted molar refractivity (Wildman–Crippen MR) is 133 cm³/mol. The highest BCUT2D eigenvalue weighted by atomic mass is 16.4. The maximum absolute atomic E-state index is 12.0. The van der Waals surface area contributed by atoms with Crippen LogP contribution in [0.3, 0.4) is 0 Å². The standard InChI is InChI=1S/C27H37N5O3/c1-18-28-24-11-13-30(19(2)33)17-26(24)32(18)23-15-21-9-10-22(16-23)31(21)14-12-25(29(3)27(34)35)20-7-5-4-6-8-20/h4-8,21-23,25H,9-17H2,1-3H3,(H,34,35)/t21?,22?,23?,25-/m0/s1. The SMILES string of the molecule is CC(=O)N1CCc2nc(C)n(C3CC4CCC(C3)N4CC[C@@H](c3ccccc3)N(C)C(=O)O)c2C1. The molecular formula is C27H37N5O3. The third-order valence-electron chi connectivity index (χ3n) is 8.51. The van der Waals surface area contributed by atoms with Gasteiger partial charge in [0.25, 0.3) is 0 Å². The minimum absolute atomic E-state index is 0.134. The first-order valence-corrected chi connectivity index (χ1v) is 12.9. The second kappa shape index (κ2) is 9.64. The Kier molecular flexibility index (Phi) is 6.57. The molecule has 2 bridgehead atoms. The van der Waals surface area contributed by atoms with E-state index in [0.717, 1.165) is 55.9 Å². The monoisotopic (exact) mass is 479 g/mol. The number of aromatic nitrogens is 2. The Balaban J connectivity index is 1.30. The van der Waals surface area contributed by atoms with Crippen molar-refractivity contribution in [2.24, 2.45) is 0 Å². The summed E-state index contributed by atoms with van der Waals surface area (Å²) in [4.78, 5) is 34.7. The van der Waals surface area contributed by atoms with Gasteiger partial charge in [-0.3, -0.25) is 9.69 Å². The number of carbonyl (C=O) groups is 2. The Bertz CT molecular complexity index is 1070. The lowest BCUT2D eigenvalue weighted by Crippen LogP contribution is -2.45. The van der Waals surface area contributed by atoms with Crippen LogP contribution in [0.15, 0.2) is 30.3 Å². The molecule has 0 aliphatic carbocycles. The number of nitrogens with zero attached hydrogens (tertiary/aromatic N) is 5. The fourth-order valence-corrected chi connectivity index (χ4v) is 6.75. The molecule has 0 radical (unpaired) electrons. The third kappa shape index (κ3) is 4.56. The molecule has 0 saturated carbocycles. The molecule has 8 nitrogen and oxygen atoms in total. The molecule has 3 aliphatic rings. The number of piperidine rings is 1. The molecule has 1 aromatic carbocycles. The van der Waals surface area contributed by atoms with Gasteiger partial charge < -0.3 is 19.5 Å². The maximum Gasteiger partial charge on any atom is 0.407 e. The van der Waals surface area contributed by atoms with Gasteiger partial charge >= 0.3 is 6.09 Å². The van der Waals surface area contributed by atoms with Crippen molar-refractivity contribution in [2.45, 2.75) is 83.1 Å². The number of imidazole rings is 1. The van der Waals surface area contributed by atoms with E-state index in [-0.39, 0.29) is 11.9 Å². The molecule has 1 aromatic heterocycles. The average Bonchev–Trinajstić information content (AvgIpc) is 3.29. The number of hydrogen-bond acceptors (Lipinski definition) is 4. The van der Waals surface area contributed by atoms with E-state index < -0.39 is 6.09 Å². The van der Waals surface area contributed by atoms with Gasteiger partial charge in [-0.25, -0.2) is 9.78 Å². The zero-order valence-corrected chi connectivity index (χ0v) is 21.1. The Morgan fingerprint density at radius 3 is 2.46 bits per heavy atom. The molecule has 8 heteroatoms. The first-order valence-electron chi connectivity index (χ1n) is 12.9. The minimum atomic E-state index is -0.888. The summed E-state index contributed by atoms with van der Waals surface area (Å²) in [6.07, 6.45) is 5.31. The molecule has 2 saturated heterocycles. The van der Waals surface area contributed by atoms with Gasteiger partial charge in [0.05, 0.1) is 24.0 Å². The van der Waals surface area contributed by atoms with Gasteiger partial charge in [-0.2, -0.15) is 0 Å². The van der Waals surface area contributed by atoms with Crippen LogP contribution in [0.1, 0.15) is 73.9 Å². The number of carbonyl (C=O) groups excluding carboxylic acids is 1. The number of hydrogen-bond donors (Lipinski definition) is 1. The van der Waals surface area contributed by atoms with E-state index in [1.54, 1.807) is 14.0 Å². The lowest BCUT2D eigenvalue weighted by Gasteiger charge is -2.41. The number of fused-ring (bicyclic) bond motifs is 3. The summed E-state index contributed by atoms with van der Waals surface area (Å²) in [6, 6.07) is 11.3. The van der Waals surface area contributed by atoms with Crippen molar-refractivity contribution in [1.82, 2.24) is 24.3 Å². The fraction of sp³-hybridized carbons (Fsp3) is 0.593. The molecule has 188 valence electrons. The lowest BCUT2D eigenvalue weighted by molar-refractivity contribution is -0.129. The molecule has 2 amide bonds. The first kappa shape index (κ1) is 23.9. The molecule has 2 unspecified atom stereocenters. The zero-order valence-electron chi connectivity index (χ0n) is 21.1. The van der Waals surface area contributed by atoms with Crippen LogP contribution in [0.2, 0.25) is 0 Å². The Hall–Kier alpha value is -2.87. The van der Waals surface area contributed by atoms with Gasteiger partial charge in [0.1, 0.15) is 5.82 Å². The molecule has 1 N–H and O–H groups in total. The summed E-state index contributed by atoms with van der Waals surface area (Å²) in [5.41, 5.74) is 3.45. The maximum atomic E-state index is 12.0. The first-order chi connectivity index (χ1) is 16.8. The van der Waals surface area contributed by atoms with E-state index in [2.05, 4.69) is 16.4 Å². The fourth-order valence-electron chi connectivity index (χ4n) is 6.75. The van der Waals surface area contributed by atoms with Crippen LogP contribution in [-0.4, -0.2) is 73.6 Å². The summed E-state index contributed by atoms with van der Waals surface area (Å²) < 4.78 is 2.44. The number of aryl methyl sites for hydroxylation is 1. The zero-order chi connectivity index (χ0) is 24.7. The predicted octanol–water partition coefficient (Wildman–Crippen LogP) is 4.01. The van der Waals surface area contributed by atoms with Gasteiger partial charge in [-0.05, 0) is 44.6 Å². The van der Waals surface area contributed by atoms with Gasteiger partial charge in [0.15, 0.2) is 0 Å². The summed E-state index contributed by atoms with van der Waals surface area (Å²) >= 11 is 0. The third-order valence-corrected chi connectivity index (χ3v) is 8.51. The quantitative estimate of drug-likeness (QED) is 0.677. The number of rotatable bonds is 6. The van der Waals surface area contributed by atoms with Gasteiger partial charge in [0.2, 0.25) is 5.91 Å². The molecule has 0 spiro atoms. The van der Waals surface area contributed by atoms with Crippen LogP contribution >= 0.6 is 0 Å². The van der Waals surface area contributed by atoms with Crippen LogP contribution in [0, 0.1) is 6.92 Å². The molecule has 2 fully saturated rings. The van der Waals surface area contributed by atoms with E-state index in [0.29, 0.717) is 24.7 Å². The van der Waals surface area contributed by atoms with E-state index in [9.17, 15) is 14.7 Å². The van der Waals surface area contributed by atoms with Gasteiger partial charge in [0, 0.05) is 51.6 Å². The number of amides is 2. The van der Waals surface area contributed by atoms with Crippen LogP contribution < -0.4 is 0 Å². The van der Waals surface area contributed by atoms with Crippen LogP contribution in [-0.2, 0) is 17.8 Å². The van der Waals surface area contributed by atoms with Crippen molar-refractivity contribution in [3.63, 3.8) is 0 Å². The molecule has 3 atom stereocenters. The number of benzene rings is 1. The molecule has 35 heavy (non-hydrogen) atoms. The average molecular weight is 480 g/mol. The Morgan fingerprint density at radius 1 is 1.14 bits per heavy atom. The Morgan fingerprint density at radius 2 is 1.83 bits per heavy atom. The van der Waals surface area contributed by atoms with Gasteiger partial charge in [-0.15, -0.1) is 0 Å². The molecular weight excluding hydrogens is 442 g/mol. The summed E-state index contributed by atoms with van der Waals surface area (Å²) in [5, 5.41) is 9.66. The van der Waals surface area contributed by atoms with E-state index in [1.165, 1.54) is 23.4 Å². The van der Waals surface area contributed by atoms with E-state index in [4.69, 9.17) is 4.98 Å². The molecule has 5 rings (SSSR count). The second-order valence-corrected chi connectivity index (χ2v) is 10.5. The molecule has 4 heterocycles.